The Hall–Kier alpha value is -1.84. The average molecular weight is 259 g/mol. The third-order valence-corrected chi connectivity index (χ3v) is 3.04. The van der Waals surface area contributed by atoms with Gasteiger partial charge in [0.1, 0.15) is 17.4 Å². The van der Waals surface area contributed by atoms with Crippen LogP contribution < -0.4 is 5.73 Å². The summed E-state index contributed by atoms with van der Waals surface area (Å²) in [5.74, 6) is 0.700. The molecule has 0 amide bonds. The van der Waals surface area contributed by atoms with Crippen LogP contribution in [0.1, 0.15) is 17.5 Å². The summed E-state index contributed by atoms with van der Waals surface area (Å²) in [6.07, 6.45) is 1.58. The predicted molar refractivity (Wildman–Crippen MR) is 71.5 cm³/mol. The van der Waals surface area contributed by atoms with E-state index in [1.165, 1.54) is 0 Å². The fourth-order valence-electron chi connectivity index (χ4n) is 1.87. The van der Waals surface area contributed by atoms with Crippen molar-refractivity contribution < 1.29 is 4.42 Å². The van der Waals surface area contributed by atoms with E-state index in [1.54, 1.807) is 18.3 Å². The van der Waals surface area contributed by atoms with Crippen LogP contribution in [0, 0.1) is 0 Å². The zero-order valence-corrected chi connectivity index (χ0v) is 10.3. The van der Waals surface area contributed by atoms with Gasteiger partial charge < -0.3 is 10.2 Å². The third kappa shape index (κ3) is 1.98. The fraction of sp³-hybridized carbons (Fsp3) is 0.0714. The number of rotatable bonds is 2. The molecule has 0 aliphatic rings. The standard InChI is InChI=1S/C14H11ClN2O/c15-10-5-6-11(17-8-10)14(16)13-7-9-3-1-2-4-12(9)18-13/h1-8,14H,16H2. The highest BCUT2D eigenvalue weighted by molar-refractivity contribution is 6.30. The predicted octanol–water partition coefficient (Wildman–Crippen LogP) is 3.53. The first-order valence-electron chi connectivity index (χ1n) is 5.59. The lowest BCUT2D eigenvalue weighted by atomic mass is 10.1. The molecule has 18 heavy (non-hydrogen) atoms. The first-order chi connectivity index (χ1) is 8.74. The Kier molecular flexibility index (Phi) is 2.78. The summed E-state index contributed by atoms with van der Waals surface area (Å²) in [4.78, 5) is 4.21. The second-order valence-corrected chi connectivity index (χ2v) is 4.50. The third-order valence-electron chi connectivity index (χ3n) is 2.82. The van der Waals surface area contributed by atoms with Gasteiger partial charge in [0.25, 0.3) is 0 Å². The Morgan fingerprint density at radius 1 is 1.17 bits per heavy atom. The Morgan fingerprint density at radius 3 is 2.72 bits per heavy atom. The van der Waals surface area contributed by atoms with E-state index in [2.05, 4.69) is 4.98 Å². The van der Waals surface area contributed by atoms with Crippen LogP contribution in [0.5, 0.6) is 0 Å². The number of nitrogens with two attached hydrogens (primary N) is 1. The van der Waals surface area contributed by atoms with Crippen molar-refractivity contribution in [2.75, 3.05) is 0 Å². The van der Waals surface area contributed by atoms with Gasteiger partial charge in [-0.05, 0) is 24.3 Å². The van der Waals surface area contributed by atoms with Gasteiger partial charge in [-0.3, -0.25) is 4.98 Å². The quantitative estimate of drug-likeness (QED) is 0.765. The van der Waals surface area contributed by atoms with Crippen molar-refractivity contribution in [1.29, 1.82) is 0 Å². The van der Waals surface area contributed by atoms with Gasteiger partial charge >= 0.3 is 0 Å². The highest BCUT2D eigenvalue weighted by atomic mass is 35.5. The van der Waals surface area contributed by atoms with Crippen LogP contribution in [0.25, 0.3) is 11.0 Å². The van der Waals surface area contributed by atoms with Gasteiger partial charge in [0, 0.05) is 11.6 Å². The van der Waals surface area contributed by atoms with Gasteiger partial charge in [0.15, 0.2) is 0 Å². The van der Waals surface area contributed by atoms with Crippen LogP contribution in [-0.2, 0) is 0 Å². The van der Waals surface area contributed by atoms with Crippen LogP contribution in [0.4, 0.5) is 0 Å². The Balaban J connectivity index is 2.00. The molecule has 1 unspecified atom stereocenters. The van der Waals surface area contributed by atoms with Gasteiger partial charge in [-0.2, -0.15) is 0 Å². The normalized spacial score (nSPS) is 12.8. The zero-order chi connectivity index (χ0) is 12.5. The number of aromatic nitrogens is 1. The first kappa shape index (κ1) is 11.3. The smallest absolute Gasteiger partial charge is 0.134 e. The minimum absolute atomic E-state index is 0.380. The van der Waals surface area contributed by atoms with Crippen molar-refractivity contribution in [3.63, 3.8) is 0 Å². The number of fused-ring (bicyclic) bond motifs is 1. The van der Waals surface area contributed by atoms with Crippen molar-refractivity contribution in [3.8, 4) is 0 Å². The van der Waals surface area contributed by atoms with E-state index in [0.29, 0.717) is 10.8 Å². The number of benzene rings is 1. The molecular weight excluding hydrogens is 248 g/mol. The van der Waals surface area contributed by atoms with E-state index < -0.39 is 0 Å². The number of furan rings is 1. The maximum Gasteiger partial charge on any atom is 0.134 e. The van der Waals surface area contributed by atoms with Crippen molar-refractivity contribution in [3.05, 3.63) is 65.1 Å². The van der Waals surface area contributed by atoms with Crippen LogP contribution in [0.2, 0.25) is 5.02 Å². The number of hydrogen-bond donors (Lipinski definition) is 1. The average Bonchev–Trinajstić information content (AvgIpc) is 2.82. The van der Waals surface area contributed by atoms with Crippen molar-refractivity contribution in [2.45, 2.75) is 6.04 Å². The molecule has 0 saturated carbocycles. The van der Waals surface area contributed by atoms with Gasteiger partial charge in [-0.25, -0.2) is 0 Å². The summed E-state index contributed by atoms with van der Waals surface area (Å²) >= 11 is 5.80. The molecule has 1 atom stereocenters. The zero-order valence-electron chi connectivity index (χ0n) is 9.51. The Labute approximate surface area is 109 Å². The van der Waals surface area contributed by atoms with Crippen LogP contribution in [-0.4, -0.2) is 4.98 Å². The second-order valence-electron chi connectivity index (χ2n) is 4.07. The molecular formula is C14H11ClN2O. The molecule has 3 nitrogen and oxygen atoms in total. The summed E-state index contributed by atoms with van der Waals surface area (Å²) in [5.41, 5.74) is 7.70. The molecule has 3 aromatic rings. The maximum atomic E-state index is 6.13. The molecule has 0 saturated heterocycles. The van der Waals surface area contributed by atoms with Gasteiger partial charge in [-0.1, -0.05) is 29.8 Å². The van der Waals surface area contributed by atoms with Crippen LogP contribution >= 0.6 is 11.6 Å². The van der Waals surface area contributed by atoms with E-state index in [4.69, 9.17) is 21.8 Å². The fourth-order valence-corrected chi connectivity index (χ4v) is 1.98. The Bertz CT molecular complexity index is 643. The number of halogens is 1. The van der Waals surface area contributed by atoms with Crippen LogP contribution in [0.15, 0.2) is 53.1 Å². The molecule has 2 N–H and O–H groups in total. The summed E-state index contributed by atoms with van der Waals surface area (Å²) in [6.45, 7) is 0. The molecule has 0 aliphatic heterocycles. The lowest BCUT2D eigenvalue weighted by Crippen LogP contribution is -2.12. The molecule has 4 heteroatoms. The van der Waals surface area contributed by atoms with Crippen molar-refractivity contribution in [2.24, 2.45) is 5.73 Å². The summed E-state index contributed by atoms with van der Waals surface area (Å²) in [6, 6.07) is 12.9. The molecule has 2 heterocycles. The highest BCUT2D eigenvalue weighted by Gasteiger charge is 2.15. The SMILES string of the molecule is NC(c1ccc(Cl)cn1)c1cc2ccccc2o1. The highest BCUT2D eigenvalue weighted by Crippen LogP contribution is 2.26. The van der Waals surface area contributed by atoms with Gasteiger partial charge in [0.05, 0.1) is 10.7 Å². The Morgan fingerprint density at radius 2 is 2.00 bits per heavy atom. The second kappa shape index (κ2) is 4.44. The molecule has 1 aromatic carbocycles. The van der Waals surface area contributed by atoms with Crippen molar-refractivity contribution in [1.82, 2.24) is 4.98 Å². The first-order valence-corrected chi connectivity index (χ1v) is 5.97. The van der Waals surface area contributed by atoms with Crippen LogP contribution in [0.3, 0.4) is 0 Å². The summed E-state index contributed by atoms with van der Waals surface area (Å²) in [5, 5.41) is 1.63. The molecule has 0 spiro atoms. The number of pyridine rings is 1. The molecule has 0 radical (unpaired) electrons. The number of hydrogen-bond acceptors (Lipinski definition) is 3. The van der Waals surface area contributed by atoms with E-state index in [0.717, 1.165) is 16.7 Å². The molecule has 90 valence electrons. The maximum absolute atomic E-state index is 6.13. The number of para-hydroxylation sites is 1. The summed E-state index contributed by atoms with van der Waals surface area (Å²) < 4.78 is 5.72. The number of nitrogens with zero attached hydrogens (tertiary/aromatic N) is 1. The molecule has 0 bridgehead atoms. The van der Waals surface area contributed by atoms with Gasteiger partial charge in [0.2, 0.25) is 0 Å². The largest absolute Gasteiger partial charge is 0.459 e. The molecule has 3 rings (SSSR count). The summed E-state index contributed by atoms with van der Waals surface area (Å²) in [7, 11) is 0. The topological polar surface area (TPSA) is 52.0 Å². The van der Waals surface area contributed by atoms with Gasteiger partial charge in [-0.15, -0.1) is 0 Å². The van der Waals surface area contributed by atoms with Crippen molar-refractivity contribution >= 4 is 22.6 Å². The lowest BCUT2D eigenvalue weighted by Gasteiger charge is -2.07. The molecule has 2 aromatic heterocycles. The van der Waals surface area contributed by atoms with E-state index in [9.17, 15) is 0 Å². The minimum atomic E-state index is -0.380. The minimum Gasteiger partial charge on any atom is -0.459 e. The monoisotopic (exact) mass is 258 g/mol. The lowest BCUT2D eigenvalue weighted by molar-refractivity contribution is 0.521. The molecule has 0 aliphatic carbocycles. The van der Waals surface area contributed by atoms with E-state index in [-0.39, 0.29) is 6.04 Å². The molecule has 0 fully saturated rings. The van der Waals surface area contributed by atoms with E-state index in [1.807, 2.05) is 30.3 Å². The van der Waals surface area contributed by atoms with E-state index >= 15 is 0 Å².